The number of benzene rings is 2. The van der Waals surface area contributed by atoms with Crippen molar-refractivity contribution in [1.82, 2.24) is 4.57 Å². The molecule has 3 aromatic rings. The second kappa shape index (κ2) is 6.10. The Labute approximate surface area is 129 Å². The van der Waals surface area contributed by atoms with Gasteiger partial charge in [0, 0.05) is 11.9 Å². The quantitative estimate of drug-likeness (QED) is 0.690. The molecule has 2 aromatic carbocycles. The van der Waals surface area contributed by atoms with Gasteiger partial charge in [-0.15, -0.1) is 11.3 Å². The van der Waals surface area contributed by atoms with E-state index in [4.69, 9.17) is 4.99 Å². The van der Waals surface area contributed by atoms with Crippen LogP contribution in [-0.4, -0.2) is 4.57 Å². The molecule has 1 heterocycles. The summed E-state index contributed by atoms with van der Waals surface area (Å²) in [5, 5.41) is 0. The van der Waals surface area contributed by atoms with Crippen molar-refractivity contribution < 1.29 is 0 Å². The summed E-state index contributed by atoms with van der Waals surface area (Å²) in [5.74, 6) is 0. The lowest BCUT2D eigenvalue weighted by atomic mass is 10.1. The largest absolute Gasteiger partial charge is 0.320 e. The molecule has 0 bridgehead atoms. The fourth-order valence-electron chi connectivity index (χ4n) is 2.46. The molecular weight excluding hydrogens is 276 g/mol. The highest BCUT2D eigenvalue weighted by atomic mass is 32.1. The standard InChI is InChI=1S/C18H18N2S/c1-14-17(16-11-7-4-8-12-16)20(2)18(21-14)19-13-15-9-5-3-6-10-15/h3-12H,13H2,1-2H3. The van der Waals surface area contributed by atoms with Gasteiger partial charge in [-0.05, 0) is 18.1 Å². The minimum absolute atomic E-state index is 0.725. The maximum Gasteiger partial charge on any atom is 0.185 e. The topological polar surface area (TPSA) is 17.3 Å². The molecular formula is C18H18N2S. The smallest absolute Gasteiger partial charge is 0.185 e. The predicted molar refractivity (Wildman–Crippen MR) is 89.2 cm³/mol. The van der Waals surface area contributed by atoms with Crippen molar-refractivity contribution >= 4 is 11.3 Å². The molecule has 0 saturated carbocycles. The molecule has 2 nitrogen and oxygen atoms in total. The van der Waals surface area contributed by atoms with Crippen LogP contribution >= 0.6 is 11.3 Å². The first-order chi connectivity index (χ1) is 10.3. The molecule has 0 atom stereocenters. The molecule has 3 rings (SSSR count). The highest BCUT2D eigenvalue weighted by molar-refractivity contribution is 7.09. The number of nitrogens with zero attached hydrogens (tertiary/aromatic N) is 2. The van der Waals surface area contributed by atoms with Gasteiger partial charge in [0.2, 0.25) is 0 Å². The Morgan fingerprint density at radius 3 is 2.24 bits per heavy atom. The molecule has 0 aliphatic rings. The molecule has 1 aromatic heterocycles. The number of aryl methyl sites for hydroxylation is 1. The van der Waals surface area contributed by atoms with Gasteiger partial charge in [-0.1, -0.05) is 60.7 Å². The molecule has 0 aliphatic heterocycles. The third-order valence-corrected chi connectivity index (χ3v) is 4.57. The van der Waals surface area contributed by atoms with Crippen LogP contribution in [0.25, 0.3) is 11.3 Å². The van der Waals surface area contributed by atoms with Crippen LogP contribution in [0.1, 0.15) is 10.4 Å². The molecule has 106 valence electrons. The number of thiazole rings is 1. The minimum atomic E-state index is 0.725. The van der Waals surface area contributed by atoms with Crippen molar-refractivity contribution in [3.05, 3.63) is 75.9 Å². The molecule has 0 fully saturated rings. The summed E-state index contributed by atoms with van der Waals surface area (Å²) in [7, 11) is 2.09. The van der Waals surface area contributed by atoms with Gasteiger partial charge in [0.05, 0.1) is 12.2 Å². The normalized spacial score (nSPS) is 11.8. The lowest BCUT2D eigenvalue weighted by Gasteiger charge is -2.04. The average Bonchev–Trinajstić information content (AvgIpc) is 2.81. The predicted octanol–water partition coefficient (Wildman–Crippen LogP) is 4.16. The van der Waals surface area contributed by atoms with Gasteiger partial charge >= 0.3 is 0 Å². The molecule has 0 spiro atoms. The molecule has 0 radical (unpaired) electrons. The van der Waals surface area contributed by atoms with E-state index in [0.29, 0.717) is 0 Å². The van der Waals surface area contributed by atoms with E-state index in [1.54, 1.807) is 11.3 Å². The van der Waals surface area contributed by atoms with Crippen LogP contribution in [0.4, 0.5) is 0 Å². The fraction of sp³-hybridized carbons (Fsp3) is 0.167. The SMILES string of the molecule is Cc1sc(=NCc2ccccc2)n(C)c1-c1ccccc1. The van der Waals surface area contributed by atoms with Gasteiger partial charge in [-0.2, -0.15) is 0 Å². The lowest BCUT2D eigenvalue weighted by molar-refractivity contribution is 0.844. The maximum atomic E-state index is 4.76. The van der Waals surface area contributed by atoms with Crippen molar-refractivity contribution in [3.63, 3.8) is 0 Å². The van der Waals surface area contributed by atoms with E-state index in [1.807, 2.05) is 12.1 Å². The van der Waals surface area contributed by atoms with E-state index in [2.05, 4.69) is 67.1 Å². The van der Waals surface area contributed by atoms with Crippen molar-refractivity contribution in [2.24, 2.45) is 12.0 Å². The summed E-state index contributed by atoms with van der Waals surface area (Å²) in [5.41, 5.74) is 3.74. The molecule has 0 aliphatic carbocycles. The summed E-state index contributed by atoms with van der Waals surface area (Å²) in [6.07, 6.45) is 0. The molecule has 0 N–H and O–H groups in total. The second-order valence-electron chi connectivity index (χ2n) is 5.02. The minimum Gasteiger partial charge on any atom is -0.320 e. The van der Waals surface area contributed by atoms with Crippen LogP contribution < -0.4 is 4.80 Å². The summed E-state index contributed by atoms with van der Waals surface area (Å²) in [4.78, 5) is 7.13. The molecule has 3 heteroatoms. The van der Waals surface area contributed by atoms with Crippen LogP contribution in [0.5, 0.6) is 0 Å². The maximum absolute atomic E-state index is 4.76. The van der Waals surface area contributed by atoms with E-state index < -0.39 is 0 Å². The van der Waals surface area contributed by atoms with Crippen LogP contribution in [-0.2, 0) is 13.6 Å². The van der Waals surface area contributed by atoms with E-state index in [9.17, 15) is 0 Å². The van der Waals surface area contributed by atoms with Crippen LogP contribution in [0.2, 0.25) is 0 Å². The first kappa shape index (κ1) is 13.8. The van der Waals surface area contributed by atoms with Gasteiger partial charge in [0.1, 0.15) is 0 Å². The number of hydrogen-bond acceptors (Lipinski definition) is 2. The second-order valence-corrected chi connectivity index (χ2v) is 6.20. The Morgan fingerprint density at radius 1 is 0.952 bits per heavy atom. The Morgan fingerprint density at radius 2 is 1.57 bits per heavy atom. The first-order valence-electron chi connectivity index (χ1n) is 7.02. The summed E-state index contributed by atoms with van der Waals surface area (Å²) in [6, 6.07) is 20.9. The van der Waals surface area contributed by atoms with Gasteiger partial charge in [0.15, 0.2) is 4.80 Å². The van der Waals surface area contributed by atoms with E-state index in [-0.39, 0.29) is 0 Å². The van der Waals surface area contributed by atoms with Gasteiger partial charge in [0.25, 0.3) is 0 Å². The highest BCUT2D eigenvalue weighted by Gasteiger charge is 2.09. The summed E-state index contributed by atoms with van der Waals surface area (Å²) in [6.45, 7) is 2.89. The fourth-order valence-corrected chi connectivity index (χ4v) is 3.44. The number of rotatable bonds is 3. The summed E-state index contributed by atoms with van der Waals surface area (Å²) < 4.78 is 2.19. The van der Waals surface area contributed by atoms with E-state index >= 15 is 0 Å². The molecule has 0 amide bonds. The zero-order valence-corrected chi connectivity index (χ0v) is 13.1. The van der Waals surface area contributed by atoms with Crippen molar-refractivity contribution in [3.8, 4) is 11.3 Å². The number of hydrogen-bond donors (Lipinski definition) is 0. The third kappa shape index (κ3) is 2.98. The Bertz CT molecular complexity index is 783. The zero-order valence-electron chi connectivity index (χ0n) is 12.3. The van der Waals surface area contributed by atoms with Crippen molar-refractivity contribution in [2.75, 3.05) is 0 Å². The molecule has 0 unspecified atom stereocenters. The van der Waals surface area contributed by atoms with Crippen molar-refractivity contribution in [1.29, 1.82) is 0 Å². The number of aromatic nitrogens is 1. The van der Waals surface area contributed by atoms with Crippen LogP contribution in [0.15, 0.2) is 65.7 Å². The lowest BCUT2D eigenvalue weighted by Crippen LogP contribution is -2.11. The summed E-state index contributed by atoms with van der Waals surface area (Å²) >= 11 is 1.75. The average molecular weight is 294 g/mol. The van der Waals surface area contributed by atoms with Crippen LogP contribution in [0.3, 0.4) is 0 Å². The van der Waals surface area contributed by atoms with Crippen molar-refractivity contribution in [2.45, 2.75) is 13.5 Å². The van der Waals surface area contributed by atoms with Gasteiger partial charge in [-0.25, -0.2) is 0 Å². The Hall–Kier alpha value is -2.13. The Kier molecular flexibility index (Phi) is 4.02. The molecule has 21 heavy (non-hydrogen) atoms. The van der Waals surface area contributed by atoms with Crippen LogP contribution in [0, 0.1) is 6.92 Å². The Balaban J connectivity index is 1.99. The monoisotopic (exact) mass is 294 g/mol. The molecule has 0 saturated heterocycles. The third-order valence-electron chi connectivity index (χ3n) is 3.49. The van der Waals surface area contributed by atoms with E-state index in [0.717, 1.165) is 11.3 Å². The highest BCUT2D eigenvalue weighted by Crippen LogP contribution is 2.23. The van der Waals surface area contributed by atoms with E-state index in [1.165, 1.54) is 21.7 Å². The zero-order chi connectivity index (χ0) is 14.7. The first-order valence-corrected chi connectivity index (χ1v) is 7.83. The van der Waals surface area contributed by atoms with Gasteiger partial charge < -0.3 is 4.57 Å². The van der Waals surface area contributed by atoms with Gasteiger partial charge in [-0.3, -0.25) is 4.99 Å².